The quantitative estimate of drug-likeness (QED) is 0.248. The molecule has 2 unspecified atom stereocenters. The fourth-order valence-electron chi connectivity index (χ4n) is 4.70. The zero-order chi connectivity index (χ0) is 29.4. The van der Waals surface area contributed by atoms with Crippen LogP contribution < -0.4 is 25.4 Å². The molecule has 1 aliphatic rings. The number of aromatic nitrogens is 1. The van der Waals surface area contributed by atoms with Crippen molar-refractivity contribution in [2.24, 2.45) is 5.92 Å². The van der Waals surface area contributed by atoms with E-state index in [0.717, 1.165) is 6.54 Å². The van der Waals surface area contributed by atoms with Crippen molar-refractivity contribution in [2.45, 2.75) is 32.7 Å². The number of ether oxygens (including phenoxy) is 2. The first-order chi connectivity index (χ1) is 19.8. The van der Waals surface area contributed by atoms with E-state index in [1.165, 1.54) is 25.1 Å². The predicted octanol–water partition coefficient (Wildman–Crippen LogP) is 5.73. The average Bonchev–Trinajstić information content (AvgIpc) is 2.94. The van der Waals surface area contributed by atoms with Gasteiger partial charge in [0.1, 0.15) is 24.2 Å². The van der Waals surface area contributed by atoms with Crippen molar-refractivity contribution in [3.8, 4) is 17.6 Å². The van der Waals surface area contributed by atoms with Gasteiger partial charge in [-0.3, -0.25) is 9.78 Å². The van der Waals surface area contributed by atoms with E-state index >= 15 is 0 Å². The fourth-order valence-corrected chi connectivity index (χ4v) is 4.92. The summed E-state index contributed by atoms with van der Waals surface area (Å²) in [5.41, 5.74) is 2.53. The summed E-state index contributed by atoms with van der Waals surface area (Å²) < 4.78 is 11.8. The van der Waals surface area contributed by atoms with E-state index in [1.54, 1.807) is 24.3 Å². The number of fused-ring (bicyclic) bond motifs is 1. The Hall–Kier alpha value is -3.84. The highest BCUT2D eigenvalue weighted by Crippen LogP contribution is 2.38. The lowest BCUT2D eigenvalue weighted by molar-refractivity contribution is -0.111. The molecule has 4 rings (SSSR count). The summed E-state index contributed by atoms with van der Waals surface area (Å²) in [7, 11) is 3.85. The van der Waals surface area contributed by atoms with Crippen LogP contribution in [-0.4, -0.2) is 62.2 Å². The monoisotopic (exact) mass is 576 g/mol. The minimum absolute atomic E-state index is 0.289. The molecule has 10 heteroatoms. The van der Waals surface area contributed by atoms with Gasteiger partial charge in [-0.2, -0.15) is 5.26 Å². The lowest BCUT2D eigenvalue weighted by atomic mass is 9.93. The molecule has 41 heavy (non-hydrogen) atoms. The number of nitrogens with one attached hydrogen (secondary N) is 3. The molecule has 1 aromatic heterocycles. The van der Waals surface area contributed by atoms with Gasteiger partial charge in [0.05, 0.1) is 39.8 Å². The van der Waals surface area contributed by atoms with E-state index in [2.05, 4.69) is 33.9 Å². The number of likely N-dealkylation sites (N-methyl/N-ethyl adjacent to an activating group) is 1. The third-order valence-electron chi connectivity index (χ3n) is 6.95. The molecule has 9 nitrogen and oxygen atoms in total. The number of benzene rings is 2. The topological polar surface area (TPSA) is 112 Å². The maximum atomic E-state index is 12.6. The van der Waals surface area contributed by atoms with E-state index in [0.29, 0.717) is 81.8 Å². The number of carbonyl (C=O) groups is 1. The first-order valence-corrected chi connectivity index (χ1v) is 14.2. The SMILES string of the molecule is CCOc1cc2ncc(C#N)c(Nc3ccc(OCC4NCCCC4C)cc3Cl)c2cc1NC(=O)/C=C/CN(C)C. The molecule has 2 aromatic carbocycles. The van der Waals surface area contributed by atoms with Crippen molar-refractivity contribution >= 4 is 45.5 Å². The fraction of sp³-hybridized carbons (Fsp3) is 0.387. The third-order valence-corrected chi connectivity index (χ3v) is 7.26. The van der Waals surface area contributed by atoms with Crippen LogP contribution >= 0.6 is 11.6 Å². The second-order valence-electron chi connectivity index (χ2n) is 10.4. The maximum Gasteiger partial charge on any atom is 0.248 e. The van der Waals surface area contributed by atoms with Crippen molar-refractivity contribution in [3.63, 3.8) is 0 Å². The number of nitrogens with zero attached hydrogens (tertiary/aromatic N) is 3. The predicted molar refractivity (Wildman–Crippen MR) is 164 cm³/mol. The summed E-state index contributed by atoms with van der Waals surface area (Å²) in [6, 6.07) is 11.5. The van der Waals surface area contributed by atoms with Crippen LogP contribution in [0.2, 0.25) is 5.02 Å². The molecule has 0 aliphatic carbocycles. The normalized spacial score (nSPS) is 17.0. The highest BCUT2D eigenvalue weighted by Gasteiger charge is 2.21. The first-order valence-electron chi connectivity index (χ1n) is 13.8. The van der Waals surface area contributed by atoms with Crippen LogP contribution in [0.1, 0.15) is 32.3 Å². The number of carbonyl (C=O) groups excluding carboxylic acids is 1. The number of amides is 1. The number of halogens is 1. The Balaban J connectivity index is 1.61. The van der Waals surface area contributed by atoms with E-state index in [1.807, 2.05) is 38.1 Å². The molecule has 1 aliphatic heterocycles. The molecule has 0 saturated carbocycles. The van der Waals surface area contributed by atoms with Crippen molar-refractivity contribution in [1.29, 1.82) is 5.26 Å². The molecule has 1 fully saturated rings. The Bertz CT molecular complexity index is 1450. The summed E-state index contributed by atoms with van der Waals surface area (Å²) >= 11 is 6.67. The van der Waals surface area contributed by atoms with Crippen LogP contribution in [0.5, 0.6) is 11.5 Å². The zero-order valence-electron chi connectivity index (χ0n) is 24.0. The Morgan fingerprint density at radius 1 is 1.27 bits per heavy atom. The molecular weight excluding hydrogens is 540 g/mol. The molecule has 0 radical (unpaired) electrons. The van der Waals surface area contributed by atoms with Crippen LogP contribution in [0.4, 0.5) is 17.1 Å². The number of pyridine rings is 1. The van der Waals surface area contributed by atoms with Gasteiger partial charge in [0.25, 0.3) is 0 Å². The molecule has 0 bridgehead atoms. The van der Waals surface area contributed by atoms with E-state index < -0.39 is 0 Å². The second kappa shape index (κ2) is 14.2. The highest BCUT2D eigenvalue weighted by atomic mass is 35.5. The van der Waals surface area contributed by atoms with Gasteiger partial charge in [0, 0.05) is 42.4 Å². The Morgan fingerprint density at radius 2 is 2.10 bits per heavy atom. The lowest BCUT2D eigenvalue weighted by Gasteiger charge is -2.29. The molecule has 216 valence electrons. The first kappa shape index (κ1) is 30.1. The van der Waals surface area contributed by atoms with Crippen molar-refractivity contribution in [3.05, 3.63) is 59.3 Å². The number of hydrogen-bond acceptors (Lipinski definition) is 8. The zero-order valence-corrected chi connectivity index (χ0v) is 24.7. The number of rotatable bonds is 11. The van der Waals surface area contributed by atoms with Gasteiger partial charge in [-0.05, 0) is 64.5 Å². The Labute approximate surface area is 246 Å². The average molecular weight is 577 g/mol. The smallest absolute Gasteiger partial charge is 0.248 e. The van der Waals surface area contributed by atoms with Crippen LogP contribution in [0.15, 0.2) is 48.7 Å². The number of anilines is 3. The van der Waals surface area contributed by atoms with Gasteiger partial charge < -0.3 is 30.3 Å². The molecule has 1 amide bonds. The summed E-state index contributed by atoms with van der Waals surface area (Å²) in [4.78, 5) is 19.1. The third kappa shape index (κ3) is 7.88. The number of hydrogen-bond donors (Lipinski definition) is 3. The molecule has 3 aromatic rings. The molecule has 0 spiro atoms. The van der Waals surface area contributed by atoms with Gasteiger partial charge in [-0.25, -0.2) is 0 Å². The summed E-state index contributed by atoms with van der Waals surface area (Å²) in [6.07, 6.45) is 7.15. The second-order valence-corrected chi connectivity index (χ2v) is 10.8. The van der Waals surface area contributed by atoms with Gasteiger partial charge in [-0.1, -0.05) is 24.6 Å². The molecule has 3 N–H and O–H groups in total. The van der Waals surface area contributed by atoms with E-state index in [-0.39, 0.29) is 5.91 Å². The Morgan fingerprint density at radius 3 is 2.80 bits per heavy atom. The minimum atomic E-state index is -0.289. The van der Waals surface area contributed by atoms with Crippen molar-refractivity contribution in [1.82, 2.24) is 15.2 Å². The summed E-state index contributed by atoms with van der Waals surface area (Å²) in [5, 5.41) is 20.7. The van der Waals surface area contributed by atoms with Crippen LogP contribution in [0, 0.1) is 17.2 Å². The van der Waals surface area contributed by atoms with Gasteiger partial charge >= 0.3 is 0 Å². The van der Waals surface area contributed by atoms with Crippen LogP contribution in [-0.2, 0) is 4.79 Å². The van der Waals surface area contributed by atoms with E-state index in [4.69, 9.17) is 21.1 Å². The van der Waals surface area contributed by atoms with Gasteiger partial charge in [-0.15, -0.1) is 0 Å². The number of nitriles is 1. The molecular formula is C31H37ClN6O3. The summed E-state index contributed by atoms with van der Waals surface area (Å²) in [6.45, 7) is 6.72. The molecule has 2 atom stereocenters. The largest absolute Gasteiger partial charge is 0.492 e. The minimum Gasteiger partial charge on any atom is -0.492 e. The van der Waals surface area contributed by atoms with Crippen LogP contribution in [0.3, 0.4) is 0 Å². The van der Waals surface area contributed by atoms with Gasteiger partial charge in [0.15, 0.2) is 0 Å². The molecule has 2 heterocycles. The highest BCUT2D eigenvalue weighted by molar-refractivity contribution is 6.33. The summed E-state index contributed by atoms with van der Waals surface area (Å²) in [5.74, 6) is 1.42. The van der Waals surface area contributed by atoms with Crippen molar-refractivity contribution < 1.29 is 14.3 Å². The Kier molecular flexibility index (Phi) is 10.4. The number of piperidine rings is 1. The van der Waals surface area contributed by atoms with Gasteiger partial charge in [0.2, 0.25) is 5.91 Å². The molecule has 1 saturated heterocycles. The van der Waals surface area contributed by atoms with E-state index in [9.17, 15) is 10.1 Å². The standard InChI is InChI=1S/C31H37ClN6O3/c1-5-40-29-16-26-23(15-27(29)36-30(39)9-7-13-38(3)4)31(21(17-33)18-35-26)37-25-11-10-22(14-24(25)32)41-19-28-20(2)8-6-12-34-28/h7,9-11,14-16,18,20,28,34H,5-6,8,12-13,19H2,1-4H3,(H,35,37)(H,36,39)/b9-7+. The van der Waals surface area contributed by atoms with Crippen molar-refractivity contribution in [2.75, 3.05) is 51.0 Å². The van der Waals surface area contributed by atoms with Crippen LogP contribution in [0.25, 0.3) is 10.9 Å². The lowest BCUT2D eigenvalue weighted by Crippen LogP contribution is -2.44. The maximum absolute atomic E-state index is 12.6.